The van der Waals surface area contributed by atoms with Gasteiger partial charge in [-0.3, -0.25) is 5.32 Å². The molecule has 0 aromatic carbocycles. The molecule has 14 heavy (non-hydrogen) atoms. The molecule has 0 radical (unpaired) electrons. The quantitative estimate of drug-likeness (QED) is 0.207. The third kappa shape index (κ3) is 7.35. The fourth-order valence-electron chi connectivity index (χ4n) is 0.746. The molecule has 0 fully saturated rings. The Hall–Kier alpha value is -1.31. The van der Waals surface area contributed by atoms with Gasteiger partial charge in [0.2, 0.25) is 0 Å². The molecule has 0 amide bonds. The molecule has 0 aliphatic carbocycles. The Labute approximate surface area is 84.0 Å². The summed E-state index contributed by atoms with van der Waals surface area (Å²) in [4.78, 5) is 10.6. The Morgan fingerprint density at radius 1 is 1.79 bits per heavy atom. The zero-order valence-electron chi connectivity index (χ0n) is 8.19. The zero-order chi connectivity index (χ0) is 10.8. The van der Waals surface area contributed by atoms with Crippen LogP contribution in [-0.4, -0.2) is 31.0 Å². The highest BCUT2D eigenvalue weighted by Gasteiger charge is 1.98. The minimum Gasteiger partial charge on any atom is -0.466 e. The summed E-state index contributed by atoms with van der Waals surface area (Å²) in [6, 6.07) is 0. The maximum atomic E-state index is 10.6. The van der Waals surface area contributed by atoms with Crippen molar-refractivity contribution in [3.63, 3.8) is 0 Å². The van der Waals surface area contributed by atoms with Crippen LogP contribution < -0.4 is 5.32 Å². The van der Waals surface area contributed by atoms with Gasteiger partial charge in [-0.05, 0) is 19.0 Å². The van der Waals surface area contributed by atoms with Crippen LogP contribution in [0.3, 0.4) is 0 Å². The van der Waals surface area contributed by atoms with Crippen LogP contribution in [0.5, 0.6) is 0 Å². The van der Waals surface area contributed by atoms with Crippen molar-refractivity contribution in [2.75, 3.05) is 13.7 Å². The number of hydrogen-bond donors (Lipinski definition) is 2. The third-order valence-corrected chi connectivity index (χ3v) is 1.47. The van der Waals surface area contributed by atoms with Gasteiger partial charge in [-0.1, -0.05) is 0 Å². The van der Waals surface area contributed by atoms with Crippen LogP contribution in [0.1, 0.15) is 12.8 Å². The molecule has 2 N–H and O–H groups in total. The maximum Gasteiger partial charge on any atom is 0.330 e. The number of terminal acetylenes is 1. The third-order valence-electron chi connectivity index (χ3n) is 1.47. The van der Waals surface area contributed by atoms with Gasteiger partial charge in [0.1, 0.15) is 6.23 Å². The number of carbonyl (C=O) groups excluding carboxylic acids is 1. The van der Waals surface area contributed by atoms with E-state index in [1.54, 1.807) is 0 Å². The van der Waals surface area contributed by atoms with Gasteiger partial charge in [-0.15, -0.1) is 12.3 Å². The van der Waals surface area contributed by atoms with Crippen molar-refractivity contribution in [1.82, 2.24) is 5.32 Å². The molecule has 0 rings (SSSR count). The lowest BCUT2D eigenvalue weighted by atomic mass is 10.3. The molecule has 0 saturated heterocycles. The van der Waals surface area contributed by atoms with E-state index in [1.165, 1.54) is 19.3 Å². The van der Waals surface area contributed by atoms with E-state index < -0.39 is 12.2 Å². The average molecular weight is 197 g/mol. The first-order valence-electron chi connectivity index (χ1n) is 4.31. The summed E-state index contributed by atoms with van der Waals surface area (Å²) in [6.07, 6.45) is 8.15. The molecular formula is C10H15NO3. The van der Waals surface area contributed by atoms with E-state index in [9.17, 15) is 9.90 Å². The Bertz CT molecular complexity index is 230. The number of nitrogens with one attached hydrogen (secondary N) is 1. The summed E-state index contributed by atoms with van der Waals surface area (Å²) in [5.41, 5.74) is 0. The van der Waals surface area contributed by atoms with Gasteiger partial charge in [0.15, 0.2) is 0 Å². The highest BCUT2D eigenvalue weighted by molar-refractivity contribution is 5.81. The minimum absolute atomic E-state index is 0.491. The highest BCUT2D eigenvalue weighted by Crippen LogP contribution is 1.87. The van der Waals surface area contributed by atoms with Crippen LogP contribution in [0.25, 0.3) is 0 Å². The van der Waals surface area contributed by atoms with E-state index in [-0.39, 0.29) is 0 Å². The molecule has 0 aromatic heterocycles. The van der Waals surface area contributed by atoms with Crippen LogP contribution >= 0.6 is 0 Å². The maximum absolute atomic E-state index is 10.6. The number of aliphatic hydroxyl groups is 1. The van der Waals surface area contributed by atoms with Crippen LogP contribution in [-0.2, 0) is 9.53 Å². The van der Waals surface area contributed by atoms with E-state index in [1.807, 2.05) is 0 Å². The Kier molecular flexibility index (Phi) is 7.52. The van der Waals surface area contributed by atoms with Crippen LogP contribution in [0.15, 0.2) is 12.2 Å². The predicted octanol–water partition coefficient (Wildman–Crippen LogP) is 0.0370. The predicted molar refractivity (Wildman–Crippen MR) is 53.2 cm³/mol. The first-order chi connectivity index (χ1) is 6.70. The van der Waals surface area contributed by atoms with Gasteiger partial charge < -0.3 is 9.84 Å². The van der Waals surface area contributed by atoms with Gasteiger partial charge >= 0.3 is 5.97 Å². The molecule has 0 heterocycles. The fourth-order valence-corrected chi connectivity index (χ4v) is 0.746. The second-order valence-electron chi connectivity index (χ2n) is 2.59. The lowest BCUT2D eigenvalue weighted by Crippen LogP contribution is -2.27. The van der Waals surface area contributed by atoms with Crippen molar-refractivity contribution >= 4 is 5.97 Å². The van der Waals surface area contributed by atoms with Crippen molar-refractivity contribution in [3.8, 4) is 12.3 Å². The molecule has 1 atom stereocenters. The number of ether oxygens (including phenoxy) is 1. The first-order valence-corrected chi connectivity index (χ1v) is 4.31. The van der Waals surface area contributed by atoms with Gasteiger partial charge in [0, 0.05) is 12.5 Å². The van der Waals surface area contributed by atoms with Crippen LogP contribution in [0, 0.1) is 12.3 Å². The SMILES string of the molecule is C#CCCCNC(O)/C=C/C(=O)OC. The fraction of sp³-hybridized carbons (Fsp3) is 0.500. The van der Waals surface area contributed by atoms with Crippen LogP contribution in [0.2, 0.25) is 0 Å². The lowest BCUT2D eigenvalue weighted by molar-refractivity contribution is -0.134. The summed E-state index contributed by atoms with van der Waals surface area (Å²) in [7, 11) is 1.28. The molecule has 78 valence electrons. The summed E-state index contributed by atoms with van der Waals surface area (Å²) in [5.74, 6) is 2.00. The summed E-state index contributed by atoms with van der Waals surface area (Å²) in [6.45, 7) is 0.608. The molecular weight excluding hydrogens is 182 g/mol. The van der Waals surface area contributed by atoms with E-state index in [0.717, 1.165) is 6.42 Å². The van der Waals surface area contributed by atoms with Gasteiger partial charge in [0.05, 0.1) is 7.11 Å². The topological polar surface area (TPSA) is 58.6 Å². The number of methoxy groups -OCH3 is 1. The van der Waals surface area contributed by atoms with Gasteiger partial charge in [-0.2, -0.15) is 0 Å². The van der Waals surface area contributed by atoms with Crippen molar-refractivity contribution in [1.29, 1.82) is 0 Å². The lowest BCUT2D eigenvalue weighted by Gasteiger charge is -2.06. The Balaban J connectivity index is 3.55. The molecule has 0 saturated carbocycles. The number of hydrogen-bond acceptors (Lipinski definition) is 4. The van der Waals surface area contributed by atoms with Crippen molar-refractivity contribution in [2.45, 2.75) is 19.1 Å². The molecule has 0 aliphatic rings. The second-order valence-corrected chi connectivity index (χ2v) is 2.59. The Morgan fingerprint density at radius 2 is 2.50 bits per heavy atom. The summed E-state index contributed by atoms with van der Waals surface area (Å²) < 4.78 is 4.35. The monoisotopic (exact) mass is 197 g/mol. The Morgan fingerprint density at radius 3 is 3.07 bits per heavy atom. The average Bonchev–Trinajstić information content (AvgIpc) is 2.21. The number of aliphatic hydroxyl groups excluding tert-OH is 1. The molecule has 0 spiro atoms. The molecule has 0 aromatic rings. The molecule has 4 heteroatoms. The molecule has 1 unspecified atom stereocenters. The van der Waals surface area contributed by atoms with Gasteiger partial charge in [0.25, 0.3) is 0 Å². The van der Waals surface area contributed by atoms with Crippen LogP contribution in [0.4, 0.5) is 0 Å². The number of unbranched alkanes of at least 4 members (excludes halogenated alkanes) is 1. The smallest absolute Gasteiger partial charge is 0.330 e. The standard InChI is InChI=1S/C10H15NO3/c1-3-4-5-8-11-9(12)6-7-10(13)14-2/h1,6-7,9,11-12H,4-5,8H2,2H3/b7-6+. The molecule has 0 aliphatic heterocycles. The molecule has 4 nitrogen and oxygen atoms in total. The zero-order valence-corrected chi connectivity index (χ0v) is 8.19. The number of carbonyl (C=O) groups is 1. The van der Waals surface area contributed by atoms with E-state index in [0.29, 0.717) is 13.0 Å². The number of esters is 1. The summed E-state index contributed by atoms with van der Waals surface area (Å²) in [5, 5.41) is 12.0. The normalized spacial score (nSPS) is 12.4. The minimum atomic E-state index is -0.841. The highest BCUT2D eigenvalue weighted by atomic mass is 16.5. The second kappa shape index (κ2) is 8.30. The number of rotatable bonds is 6. The van der Waals surface area contributed by atoms with Crippen molar-refractivity contribution < 1.29 is 14.6 Å². The van der Waals surface area contributed by atoms with Crippen molar-refractivity contribution in [3.05, 3.63) is 12.2 Å². The molecule has 0 bridgehead atoms. The van der Waals surface area contributed by atoms with E-state index in [2.05, 4.69) is 16.0 Å². The largest absolute Gasteiger partial charge is 0.466 e. The van der Waals surface area contributed by atoms with E-state index in [4.69, 9.17) is 6.42 Å². The van der Waals surface area contributed by atoms with E-state index >= 15 is 0 Å². The first kappa shape index (κ1) is 12.7. The summed E-state index contributed by atoms with van der Waals surface area (Å²) >= 11 is 0. The van der Waals surface area contributed by atoms with Gasteiger partial charge in [-0.25, -0.2) is 4.79 Å². The van der Waals surface area contributed by atoms with Crippen molar-refractivity contribution in [2.24, 2.45) is 0 Å².